The van der Waals surface area contributed by atoms with Gasteiger partial charge in [0.2, 0.25) is 0 Å². The molecule has 32 heavy (non-hydrogen) atoms. The summed E-state index contributed by atoms with van der Waals surface area (Å²) in [6, 6.07) is 7.56. The topological polar surface area (TPSA) is 92.4 Å². The van der Waals surface area contributed by atoms with Gasteiger partial charge in [-0.15, -0.1) is 0 Å². The Hall–Kier alpha value is -3.23. The Morgan fingerprint density at radius 1 is 1.25 bits per heavy atom. The fourth-order valence-corrected chi connectivity index (χ4v) is 4.56. The largest absolute Gasteiger partial charge is 0.359 e. The Morgan fingerprint density at radius 2 is 2.19 bits per heavy atom. The number of urea groups is 1. The predicted octanol–water partition coefficient (Wildman–Crippen LogP) is 3.89. The van der Waals surface area contributed by atoms with Crippen molar-refractivity contribution in [3.8, 4) is 0 Å². The molecule has 0 saturated carbocycles. The Labute approximate surface area is 186 Å². The highest BCUT2D eigenvalue weighted by Gasteiger charge is 2.24. The molecule has 0 atom stereocenters. The van der Waals surface area contributed by atoms with E-state index in [4.69, 9.17) is 9.47 Å². The molecule has 8 heteroatoms. The fraction of sp³-hybridized carbons (Fsp3) is 0.375. The number of carbonyl (C=O) groups is 1. The van der Waals surface area contributed by atoms with Crippen LogP contribution in [0, 0.1) is 0 Å². The predicted molar refractivity (Wildman–Crippen MR) is 122 cm³/mol. The molecular weight excluding hydrogens is 406 g/mol. The summed E-state index contributed by atoms with van der Waals surface area (Å²) in [5.41, 5.74) is 7.53. The lowest BCUT2D eigenvalue weighted by Crippen LogP contribution is -2.38. The summed E-state index contributed by atoms with van der Waals surface area (Å²) < 4.78 is 10.3. The number of aromatic nitrogens is 3. The molecule has 2 aromatic heterocycles. The number of H-pyrrole nitrogens is 1. The summed E-state index contributed by atoms with van der Waals surface area (Å²) in [6.45, 7) is 1.87. The number of methoxy groups -OCH3 is 1. The van der Waals surface area contributed by atoms with Gasteiger partial charge in [0.15, 0.2) is 0 Å². The van der Waals surface area contributed by atoms with Crippen molar-refractivity contribution in [3.05, 3.63) is 59.2 Å². The first-order valence-electron chi connectivity index (χ1n) is 11.0. The highest BCUT2D eigenvalue weighted by molar-refractivity contribution is 5.94. The summed E-state index contributed by atoms with van der Waals surface area (Å²) in [5, 5.41) is 4.16. The van der Waals surface area contributed by atoms with Crippen LogP contribution in [0.4, 0.5) is 10.5 Å². The van der Waals surface area contributed by atoms with Gasteiger partial charge in [-0.2, -0.15) is 0 Å². The average Bonchev–Trinajstić information content (AvgIpc) is 3.41. The van der Waals surface area contributed by atoms with Gasteiger partial charge in [0, 0.05) is 37.0 Å². The van der Waals surface area contributed by atoms with E-state index in [0.29, 0.717) is 19.7 Å². The van der Waals surface area contributed by atoms with Gasteiger partial charge in [0.05, 0.1) is 12.3 Å². The van der Waals surface area contributed by atoms with Gasteiger partial charge in [0.1, 0.15) is 18.8 Å². The summed E-state index contributed by atoms with van der Waals surface area (Å²) in [4.78, 5) is 27.1. The van der Waals surface area contributed by atoms with Crippen LogP contribution in [0.15, 0.2) is 36.7 Å². The lowest BCUT2D eigenvalue weighted by molar-refractivity contribution is -0.0390. The van der Waals surface area contributed by atoms with Gasteiger partial charge >= 0.3 is 6.03 Å². The van der Waals surface area contributed by atoms with Gasteiger partial charge in [-0.3, -0.25) is 0 Å². The Balaban J connectivity index is 1.27. The quantitative estimate of drug-likeness (QED) is 0.455. The first-order chi connectivity index (χ1) is 15.7. The fourth-order valence-electron chi connectivity index (χ4n) is 4.56. The van der Waals surface area contributed by atoms with Crippen molar-refractivity contribution in [1.29, 1.82) is 0 Å². The molecule has 1 aromatic carbocycles. The number of ether oxygens (including phenoxy) is 2. The number of anilines is 1. The number of aryl methyl sites for hydroxylation is 2. The van der Waals surface area contributed by atoms with Crippen LogP contribution in [0.3, 0.4) is 0 Å². The van der Waals surface area contributed by atoms with E-state index in [1.807, 2.05) is 29.2 Å². The summed E-state index contributed by atoms with van der Waals surface area (Å²) in [7, 11) is 1.59. The normalized spacial score (nSPS) is 15.7. The molecule has 2 aliphatic rings. The maximum Gasteiger partial charge on any atom is 0.322 e. The maximum atomic E-state index is 12.8. The van der Waals surface area contributed by atoms with Crippen molar-refractivity contribution in [2.75, 3.05) is 32.3 Å². The van der Waals surface area contributed by atoms with E-state index in [2.05, 4.69) is 26.3 Å². The van der Waals surface area contributed by atoms with Crippen molar-refractivity contribution in [3.63, 3.8) is 0 Å². The second kappa shape index (κ2) is 9.10. The second-order valence-corrected chi connectivity index (χ2v) is 8.19. The SMILES string of the molecule is COCOCc1cccc(NC(=O)N2CC=C(c3ncnc4[nH]c5c(c34)CCC5)CC2)c1. The smallest absolute Gasteiger partial charge is 0.322 e. The zero-order valence-electron chi connectivity index (χ0n) is 18.2. The Kier molecular flexibility index (Phi) is 5.87. The van der Waals surface area contributed by atoms with Crippen LogP contribution in [0.1, 0.15) is 35.4 Å². The molecule has 1 aliphatic carbocycles. The van der Waals surface area contributed by atoms with Crippen molar-refractivity contribution in [2.24, 2.45) is 0 Å². The maximum absolute atomic E-state index is 12.8. The molecule has 0 unspecified atom stereocenters. The highest BCUT2D eigenvalue weighted by atomic mass is 16.7. The first kappa shape index (κ1) is 20.7. The summed E-state index contributed by atoms with van der Waals surface area (Å²) in [5.74, 6) is 0. The van der Waals surface area contributed by atoms with Crippen LogP contribution in [0.5, 0.6) is 0 Å². The molecule has 1 aliphatic heterocycles. The molecule has 2 amide bonds. The van der Waals surface area contributed by atoms with Gasteiger partial charge in [-0.25, -0.2) is 14.8 Å². The number of hydrogen-bond donors (Lipinski definition) is 2. The number of carbonyl (C=O) groups excluding carboxylic acids is 1. The molecule has 2 N–H and O–H groups in total. The van der Waals surface area contributed by atoms with Gasteiger partial charge in [-0.1, -0.05) is 18.2 Å². The molecule has 0 fully saturated rings. The van der Waals surface area contributed by atoms with Crippen LogP contribution >= 0.6 is 0 Å². The van der Waals surface area contributed by atoms with E-state index in [0.717, 1.165) is 47.2 Å². The minimum absolute atomic E-state index is 0.106. The number of nitrogens with one attached hydrogen (secondary N) is 2. The Bertz CT molecular complexity index is 1170. The summed E-state index contributed by atoms with van der Waals surface area (Å²) in [6.07, 6.45) is 7.86. The third-order valence-electron chi connectivity index (χ3n) is 6.08. The monoisotopic (exact) mass is 433 g/mol. The van der Waals surface area contributed by atoms with Crippen molar-refractivity contribution < 1.29 is 14.3 Å². The van der Waals surface area contributed by atoms with Crippen LogP contribution in [-0.2, 0) is 28.9 Å². The number of aromatic amines is 1. The van der Waals surface area contributed by atoms with E-state index >= 15 is 0 Å². The second-order valence-electron chi connectivity index (χ2n) is 8.19. The van der Waals surface area contributed by atoms with E-state index in [-0.39, 0.29) is 12.8 Å². The van der Waals surface area contributed by atoms with Crippen molar-refractivity contribution in [2.45, 2.75) is 32.3 Å². The first-order valence-corrected chi connectivity index (χ1v) is 11.0. The van der Waals surface area contributed by atoms with Gasteiger partial charge < -0.3 is 24.7 Å². The number of benzene rings is 1. The number of fused-ring (bicyclic) bond motifs is 3. The number of amides is 2. The van der Waals surface area contributed by atoms with Crippen LogP contribution in [0.25, 0.3) is 16.6 Å². The molecule has 8 nitrogen and oxygen atoms in total. The zero-order chi connectivity index (χ0) is 21.9. The van der Waals surface area contributed by atoms with Crippen LogP contribution in [-0.4, -0.2) is 52.9 Å². The average molecular weight is 434 g/mol. The molecule has 3 aromatic rings. The molecule has 0 spiro atoms. The van der Waals surface area contributed by atoms with Crippen molar-refractivity contribution in [1.82, 2.24) is 19.9 Å². The third-order valence-corrected chi connectivity index (χ3v) is 6.08. The minimum Gasteiger partial charge on any atom is -0.359 e. The standard InChI is InChI=1S/C24H27N5O3/c1-31-15-32-13-16-4-2-5-18(12-16)27-24(30)29-10-8-17(9-11-29)22-21-19-6-3-7-20(19)28-23(21)26-14-25-22/h2,4-5,8,12,14H,3,6-7,9-11,13,15H2,1H3,(H,27,30)(H,25,26,28). The molecule has 5 rings (SSSR count). The molecule has 3 heterocycles. The zero-order valence-corrected chi connectivity index (χ0v) is 18.2. The van der Waals surface area contributed by atoms with E-state index in [1.165, 1.54) is 23.3 Å². The van der Waals surface area contributed by atoms with Crippen molar-refractivity contribution >= 4 is 28.3 Å². The van der Waals surface area contributed by atoms with Gasteiger partial charge in [-0.05, 0) is 54.5 Å². The number of nitrogens with zero attached hydrogens (tertiary/aromatic N) is 3. The van der Waals surface area contributed by atoms with E-state index in [1.54, 1.807) is 13.4 Å². The van der Waals surface area contributed by atoms with Gasteiger partial charge in [0.25, 0.3) is 0 Å². The minimum atomic E-state index is -0.106. The molecular formula is C24H27N5O3. The lowest BCUT2D eigenvalue weighted by Gasteiger charge is -2.27. The third kappa shape index (κ3) is 4.11. The highest BCUT2D eigenvalue weighted by Crippen LogP contribution is 2.34. The molecule has 0 bridgehead atoms. The summed E-state index contributed by atoms with van der Waals surface area (Å²) >= 11 is 0. The molecule has 166 valence electrons. The van der Waals surface area contributed by atoms with E-state index in [9.17, 15) is 4.79 Å². The van der Waals surface area contributed by atoms with E-state index < -0.39 is 0 Å². The van der Waals surface area contributed by atoms with Crippen LogP contribution < -0.4 is 5.32 Å². The lowest BCUT2D eigenvalue weighted by atomic mass is 10.00. The van der Waals surface area contributed by atoms with Crippen LogP contribution in [0.2, 0.25) is 0 Å². The molecule has 0 saturated heterocycles. The number of rotatable bonds is 6. The Morgan fingerprint density at radius 3 is 3.03 bits per heavy atom. The number of hydrogen-bond acceptors (Lipinski definition) is 5. The molecule has 0 radical (unpaired) electrons.